The van der Waals surface area contributed by atoms with Gasteiger partial charge in [0.1, 0.15) is 5.82 Å². The van der Waals surface area contributed by atoms with Crippen molar-refractivity contribution in [1.82, 2.24) is 14.9 Å². The van der Waals surface area contributed by atoms with Gasteiger partial charge in [-0.05, 0) is 53.4 Å². The Morgan fingerprint density at radius 2 is 1.82 bits per heavy atom. The number of aromatic nitrogens is 2. The van der Waals surface area contributed by atoms with E-state index in [1.54, 1.807) is 32.4 Å². The van der Waals surface area contributed by atoms with Gasteiger partial charge in [-0.2, -0.15) is 0 Å². The number of hydrogen-bond donors (Lipinski definition) is 1. The summed E-state index contributed by atoms with van der Waals surface area (Å²) in [5.41, 5.74) is 3.99. The summed E-state index contributed by atoms with van der Waals surface area (Å²) in [4.78, 5) is 22.7. The molecule has 0 saturated heterocycles. The number of fused-ring (bicyclic) bond motifs is 2. The lowest BCUT2D eigenvalue weighted by molar-refractivity contribution is 0.198. The highest BCUT2D eigenvalue weighted by atomic mass is 35.5. The second-order valence-corrected chi connectivity index (χ2v) is 8.55. The highest BCUT2D eigenvalue weighted by molar-refractivity contribution is 6.31. The lowest BCUT2D eigenvalue weighted by atomic mass is 9.87. The van der Waals surface area contributed by atoms with E-state index in [1.807, 2.05) is 18.2 Å². The van der Waals surface area contributed by atoms with E-state index in [0.29, 0.717) is 34.0 Å². The first kappa shape index (κ1) is 21.5. The molecule has 0 radical (unpaired) electrons. The van der Waals surface area contributed by atoms with Crippen LogP contribution in [0.15, 0.2) is 65.5 Å². The molecule has 0 aliphatic carbocycles. The van der Waals surface area contributed by atoms with E-state index < -0.39 is 0 Å². The zero-order valence-electron chi connectivity index (χ0n) is 18.5. The molecule has 0 fully saturated rings. The Morgan fingerprint density at radius 3 is 2.58 bits per heavy atom. The van der Waals surface area contributed by atoms with E-state index in [-0.39, 0.29) is 11.6 Å². The number of aromatic amines is 1. The van der Waals surface area contributed by atoms with Crippen molar-refractivity contribution in [3.8, 4) is 11.5 Å². The van der Waals surface area contributed by atoms with E-state index in [0.717, 1.165) is 29.8 Å². The Hall–Kier alpha value is -3.35. The van der Waals surface area contributed by atoms with Crippen LogP contribution in [0.2, 0.25) is 5.02 Å². The number of halogens is 1. The third-order valence-corrected chi connectivity index (χ3v) is 6.39. The fourth-order valence-electron chi connectivity index (χ4n) is 4.62. The van der Waals surface area contributed by atoms with Crippen LogP contribution in [0.4, 0.5) is 0 Å². The molecule has 1 aliphatic heterocycles. The van der Waals surface area contributed by atoms with E-state index >= 15 is 0 Å². The number of nitrogens with one attached hydrogen (secondary N) is 1. The third kappa shape index (κ3) is 4.08. The van der Waals surface area contributed by atoms with Crippen molar-refractivity contribution in [3.63, 3.8) is 0 Å². The number of methoxy groups -OCH3 is 2. The molecule has 7 heteroatoms. The molecule has 33 heavy (non-hydrogen) atoms. The maximum absolute atomic E-state index is 12.7. The Kier molecular flexibility index (Phi) is 5.79. The highest BCUT2D eigenvalue weighted by Crippen LogP contribution is 2.41. The molecule has 1 aromatic heterocycles. The Morgan fingerprint density at radius 1 is 1.06 bits per heavy atom. The van der Waals surface area contributed by atoms with Crippen molar-refractivity contribution in [2.24, 2.45) is 0 Å². The summed E-state index contributed by atoms with van der Waals surface area (Å²) >= 11 is 6.14. The molecule has 6 nitrogen and oxygen atoms in total. The fourth-order valence-corrected chi connectivity index (χ4v) is 4.79. The van der Waals surface area contributed by atoms with E-state index in [2.05, 4.69) is 34.1 Å². The molecule has 5 rings (SSSR count). The fraction of sp³-hybridized carbons (Fsp3) is 0.231. The monoisotopic (exact) mass is 461 g/mol. The number of H-pyrrole nitrogens is 1. The summed E-state index contributed by atoms with van der Waals surface area (Å²) in [5.74, 6) is 2.04. The van der Waals surface area contributed by atoms with Crippen molar-refractivity contribution in [3.05, 3.63) is 98.6 Å². The first-order valence-electron chi connectivity index (χ1n) is 10.8. The van der Waals surface area contributed by atoms with Gasteiger partial charge in [0, 0.05) is 11.6 Å². The average Bonchev–Trinajstić information content (AvgIpc) is 2.83. The largest absolute Gasteiger partial charge is 0.493 e. The molecule has 3 aromatic carbocycles. The smallest absolute Gasteiger partial charge is 0.258 e. The summed E-state index contributed by atoms with van der Waals surface area (Å²) in [6.07, 6.45) is 0.850. The summed E-state index contributed by atoms with van der Waals surface area (Å²) in [7, 11) is 3.30. The zero-order valence-corrected chi connectivity index (χ0v) is 19.2. The molecule has 0 spiro atoms. The van der Waals surface area contributed by atoms with Crippen LogP contribution in [-0.2, 0) is 13.0 Å². The molecule has 168 valence electrons. The molecule has 1 atom stereocenters. The predicted octanol–water partition coefficient (Wildman–Crippen LogP) is 4.74. The summed E-state index contributed by atoms with van der Waals surface area (Å²) in [6, 6.07) is 19.6. The number of ether oxygens (including phenoxy) is 2. The summed E-state index contributed by atoms with van der Waals surface area (Å²) in [6.45, 7) is 1.30. The minimum atomic E-state index is -0.160. The lowest BCUT2D eigenvalue weighted by Gasteiger charge is -2.37. The lowest BCUT2D eigenvalue weighted by Crippen LogP contribution is -2.36. The van der Waals surface area contributed by atoms with Gasteiger partial charge >= 0.3 is 0 Å². The molecule has 4 aromatic rings. The Bertz CT molecular complexity index is 1370. The molecule has 0 bridgehead atoms. The van der Waals surface area contributed by atoms with Gasteiger partial charge in [-0.15, -0.1) is 0 Å². The van der Waals surface area contributed by atoms with Gasteiger partial charge < -0.3 is 14.5 Å². The number of benzene rings is 3. The first-order valence-corrected chi connectivity index (χ1v) is 11.2. The van der Waals surface area contributed by atoms with Gasteiger partial charge in [-0.3, -0.25) is 9.69 Å². The Balaban J connectivity index is 1.59. The second kappa shape index (κ2) is 8.89. The minimum absolute atomic E-state index is 0.0184. The van der Waals surface area contributed by atoms with Crippen LogP contribution in [-0.4, -0.2) is 35.6 Å². The van der Waals surface area contributed by atoms with E-state index in [4.69, 9.17) is 26.1 Å². The Labute approximate surface area is 196 Å². The first-order chi connectivity index (χ1) is 16.1. The van der Waals surface area contributed by atoms with Crippen LogP contribution in [0.3, 0.4) is 0 Å². The molecule has 0 unspecified atom stereocenters. The summed E-state index contributed by atoms with van der Waals surface area (Å²) in [5, 5.41) is 1.09. The van der Waals surface area contributed by atoms with Crippen LogP contribution in [0.5, 0.6) is 11.5 Å². The van der Waals surface area contributed by atoms with Crippen molar-refractivity contribution < 1.29 is 9.47 Å². The van der Waals surface area contributed by atoms with Crippen molar-refractivity contribution >= 4 is 22.5 Å². The molecule has 2 heterocycles. The van der Waals surface area contributed by atoms with Gasteiger partial charge in [0.05, 0.1) is 37.7 Å². The standard InChI is InChI=1S/C26H24ClN3O3/c1-32-22-12-17-10-11-30(15-24-28-21-13-18(27)8-9-19(21)26(31)29-24)25(16-6-4-3-5-7-16)20(17)14-23(22)33-2/h3-9,12-14,25H,10-11,15H2,1-2H3,(H,28,29,31)/t25-/m1/s1. The number of rotatable bonds is 5. The topological polar surface area (TPSA) is 67.5 Å². The van der Waals surface area contributed by atoms with Crippen LogP contribution in [0, 0.1) is 0 Å². The van der Waals surface area contributed by atoms with Crippen LogP contribution in [0.25, 0.3) is 10.9 Å². The van der Waals surface area contributed by atoms with Gasteiger partial charge in [0.2, 0.25) is 0 Å². The quantitative estimate of drug-likeness (QED) is 0.465. The summed E-state index contributed by atoms with van der Waals surface area (Å²) < 4.78 is 11.1. The third-order valence-electron chi connectivity index (χ3n) is 6.16. The molecule has 1 N–H and O–H groups in total. The van der Waals surface area contributed by atoms with Crippen LogP contribution in [0.1, 0.15) is 28.6 Å². The maximum Gasteiger partial charge on any atom is 0.258 e. The maximum atomic E-state index is 12.7. The number of nitrogens with zero attached hydrogens (tertiary/aromatic N) is 2. The SMILES string of the molecule is COc1cc2c(cc1OC)[C@@H](c1ccccc1)N(Cc1nc3cc(Cl)ccc3c(=O)[nH]1)CC2. The number of hydrogen-bond acceptors (Lipinski definition) is 5. The molecule has 0 saturated carbocycles. The van der Waals surface area contributed by atoms with E-state index in [1.165, 1.54) is 5.56 Å². The molecule has 0 amide bonds. The van der Waals surface area contributed by atoms with Gasteiger partial charge in [0.15, 0.2) is 11.5 Å². The average molecular weight is 462 g/mol. The van der Waals surface area contributed by atoms with Gasteiger partial charge in [-0.25, -0.2) is 4.98 Å². The molecular formula is C26H24ClN3O3. The minimum Gasteiger partial charge on any atom is -0.493 e. The van der Waals surface area contributed by atoms with E-state index in [9.17, 15) is 4.79 Å². The highest BCUT2D eigenvalue weighted by Gasteiger charge is 2.31. The zero-order chi connectivity index (χ0) is 22.9. The van der Waals surface area contributed by atoms with Crippen molar-refractivity contribution in [2.75, 3.05) is 20.8 Å². The normalized spacial score (nSPS) is 15.9. The molecule has 1 aliphatic rings. The predicted molar refractivity (Wildman–Crippen MR) is 129 cm³/mol. The van der Waals surface area contributed by atoms with Crippen LogP contribution < -0.4 is 15.0 Å². The second-order valence-electron chi connectivity index (χ2n) is 8.11. The van der Waals surface area contributed by atoms with Gasteiger partial charge in [0.25, 0.3) is 5.56 Å². The molecular weight excluding hydrogens is 438 g/mol. The van der Waals surface area contributed by atoms with Crippen LogP contribution >= 0.6 is 11.6 Å². The van der Waals surface area contributed by atoms with Crippen molar-refractivity contribution in [2.45, 2.75) is 19.0 Å². The van der Waals surface area contributed by atoms with Crippen molar-refractivity contribution in [1.29, 1.82) is 0 Å². The van der Waals surface area contributed by atoms with Gasteiger partial charge in [-0.1, -0.05) is 41.9 Å².